The highest BCUT2D eigenvalue weighted by atomic mass is 35.5. The number of rotatable bonds is 12. The quantitative estimate of drug-likeness (QED) is 0.287. The molecule has 1 fully saturated rings. The van der Waals surface area contributed by atoms with E-state index >= 15 is 0 Å². The second kappa shape index (κ2) is 12.6. The molecule has 0 bridgehead atoms. The van der Waals surface area contributed by atoms with Crippen LogP contribution in [0, 0.1) is 0 Å². The summed E-state index contributed by atoms with van der Waals surface area (Å²) in [6.07, 6.45) is 8.93. The van der Waals surface area contributed by atoms with Gasteiger partial charge in [0, 0.05) is 43.2 Å². The van der Waals surface area contributed by atoms with Gasteiger partial charge in [-0.15, -0.1) is 0 Å². The summed E-state index contributed by atoms with van der Waals surface area (Å²) >= 11 is 12.3. The number of likely N-dealkylation sites (tertiary alicyclic amines) is 1. The molecule has 1 aliphatic heterocycles. The maximum Gasteiger partial charge on any atom is 0.245 e. The van der Waals surface area contributed by atoms with E-state index < -0.39 is 6.04 Å². The van der Waals surface area contributed by atoms with E-state index in [4.69, 9.17) is 23.2 Å². The smallest absolute Gasteiger partial charge is 0.245 e. The van der Waals surface area contributed by atoms with Crippen LogP contribution in [0.3, 0.4) is 0 Å². The molecule has 37 heavy (non-hydrogen) atoms. The van der Waals surface area contributed by atoms with Crippen molar-refractivity contribution in [1.82, 2.24) is 20.2 Å². The highest BCUT2D eigenvalue weighted by Gasteiger charge is 2.47. The van der Waals surface area contributed by atoms with Crippen LogP contribution in [-0.4, -0.2) is 45.8 Å². The monoisotopic (exact) mass is 540 g/mol. The third-order valence-electron chi connectivity index (χ3n) is 7.18. The molecule has 0 spiro atoms. The van der Waals surface area contributed by atoms with Crippen LogP contribution in [0.4, 0.5) is 0 Å². The molecule has 3 aromatic rings. The zero-order valence-electron chi connectivity index (χ0n) is 21.2. The molecule has 8 heteroatoms. The summed E-state index contributed by atoms with van der Waals surface area (Å²) < 4.78 is 0. The van der Waals surface area contributed by atoms with Gasteiger partial charge < -0.3 is 15.2 Å². The maximum atomic E-state index is 13.7. The number of halogens is 2. The first-order valence-electron chi connectivity index (χ1n) is 12.9. The summed E-state index contributed by atoms with van der Waals surface area (Å²) in [6.45, 7) is 3.51. The lowest BCUT2D eigenvalue weighted by Gasteiger charge is -2.52. The van der Waals surface area contributed by atoms with E-state index in [0.717, 1.165) is 30.5 Å². The van der Waals surface area contributed by atoms with Crippen LogP contribution in [0.25, 0.3) is 0 Å². The van der Waals surface area contributed by atoms with E-state index in [-0.39, 0.29) is 23.7 Å². The number of nitrogens with one attached hydrogen (secondary N) is 2. The summed E-state index contributed by atoms with van der Waals surface area (Å²) in [5.41, 5.74) is 2.97. The minimum absolute atomic E-state index is 0.0369. The zero-order valence-corrected chi connectivity index (χ0v) is 22.7. The number of nitrogens with zero attached hydrogens (tertiary/aromatic N) is 2. The first-order valence-corrected chi connectivity index (χ1v) is 13.7. The van der Waals surface area contributed by atoms with Crippen molar-refractivity contribution in [2.24, 2.45) is 0 Å². The van der Waals surface area contributed by atoms with Gasteiger partial charge in [-0.1, -0.05) is 85.8 Å². The summed E-state index contributed by atoms with van der Waals surface area (Å²) in [4.78, 5) is 35.5. The predicted octanol–water partition coefficient (Wildman–Crippen LogP) is 5.74. The normalized spacial score (nSPS) is 15.2. The minimum Gasteiger partial charge on any atom is -0.348 e. The molecular weight excluding hydrogens is 507 g/mol. The maximum absolute atomic E-state index is 13.7. The molecule has 0 saturated carbocycles. The molecule has 1 aromatic heterocycles. The summed E-state index contributed by atoms with van der Waals surface area (Å²) in [6, 6.07) is 15.1. The summed E-state index contributed by atoms with van der Waals surface area (Å²) in [5, 5.41) is 3.88. The van der Waals surface area contributed by atoms with Gasteiger partial charge in [0.1, 0.15) is 6.04 Å². The molecule has 196 valence electrons. The van der Waals surface area contributed by atoms with Gasteiger partial charge in [0.15, 0.2) is 0 Å². The van der Waals surface area contributed by atoms with Crippen LogP contribution in [0.2, 0.25) is 10.0 Å². The molecule has 2 heterocycles. The Morgan fingerprint density at radius 1 is 1.11 bits per heavy atom. The van der Waals surface area contributed by atoms with Crippen molar-refractivity contribution in [3.05, 3.63) is 87.9 Å². The molecule has 2 aromatic carbocycles. The Hall–Kier alpha value is -2.83. The topological polar surface area (TPSA) is 78.1 Å². The van der Waals surface area contributed by atoms with Crippen molar-refractivity contribution >= 4 is 35.0 Å². The molecular formula is C29H34Cl2N4O2. The van der Waals surface area contributed by atoms with Crippen LogP contribution in [0.5, 0.6) is 0 Å². The van der Waals surface area contributed by atoms with Crippen molar-refractivity contribution in [2.75, 3.05) is 13.1 Å². The Morgan fingerprint density at radius 3 is 2.57 bits per heavy atom. The number of carbonyl (C=O) groups excluding carboxylic acids is 2. The highest BCUT2D eigenvalue weighted by Crippen LogP contribution is 2.39. The first kappa shape index (κ1) is 27.2. The number of hydrogen-bond donors (Lipinski definition) is 2. The minimum atomic E-state index is -0.684. The van der Waals surface area contributed by atoms with Gasteiger partial charge in [-0.2, -0.15) is 0 Å². The highest BCUT2D eigenvalue weighted by molar-refractivity contribution is 6.42. The number of imidazole rings is 1. The lowest BCUT2D eigenvalue weighted by molar-refractivity contribution is -0.143. The molecule has 1 saturated heterocycles. The SMILES string of the molecule is CCCCCC1(c2ccccc2)CN(C(=O)[C@@H](Cc2ccc(Cl)c(Cl)c2)NC(=O)CCc2cnc[nH]2)C1. The second-order valence-electron chi connectivity index (χ2n) is 9.95. The lowest BCUT2D eigenvalue weighted by atomic mass is 9.70. The van der Waals surface area contributed by atoms with E-state index in [0.29, 0.717) is 36.0 Å². The van der Waals surface area contributed by atoms with Crippen LogP contribution in [0.15, 0.2) is 61.1 Å². The van der Waals surface area contributed by atoms with Gasteiger partial charge in [-0.3, -0.25) is 9.59 Å². The van der Waals surface area contributed by atoms with E-state index in [2.05, 4.69) is 46.5 Å². The Morgan fingerprint density at radius 2 is 1.89 bits per heavy atom. The van der Waals surface area contributed by atoms with Gasteiger partial charge in [0.25, 0.3) is 0 Å². The zero-order chi connectivity index (χ0) is 26.3. The molecule has 0 unspecified atom stereocenters. The number of aromatic amines is 1. The van der Waals surface area contributed by atoms with E-state index in [1.54, 1.807) is 24.7 Å². The number of unbranched alkanes of at least 4 members (excludes halogenated alkanes) is 2. The standard InChI is InChI=1S/C29H34Cl2N4O2/c1-2-3-7-14-29(22-8-5-4-6-9-22)18-35(19-29)28(37)26(16-21-10-12-24(30)25(31)15-21)34-27(36)13-11-23-17-32-20-33-23/h4-6,8-10,12,15,17,20,26H,2-3,7,11,13-14,16,18-19H2,1H3,(H,32,33)(H,34,36)/t26-/m1/s1. The molecule has 6 nitrogen and oxygen atoms in total. The lowest BCUT2D eigenvalue weighted by Crippen LogP contribution is -2.64. The number of amides is 2. The number of aryl methyl sites for hydroxylation is 1. The van der Waals surface area contributed by atoms with Crippen LogP contribution >= 0.6 is 23.2 Å². The largest absolute Gasteiger partial charge is 0.348 e. The predicted molar refractivity (Wildman–Crippen MR) is 148 cm³/mol. The first-order chi connectivity index (χ1) is 17.9. The third-order valence-corrected chi connectivity index (χ3v) is 7.92. The fraction of sp³-hybridized carbons (Fsp3) is 0.414. The average molecular weight is 542 g/mol. The van der Waals surface area contributed by atoms with E-state index in [1.165, 1.54) is 12.0 Å². The fourth-order valence-electron chi connectivity index (χ4n) is 5.09. The Labute approximate surface area is 228 Å². The van der Waals surface area contributed by atoms with Gasteiger partial charge in [-0.05, 0) is 36.1 Å². The third kappa shape index (κ3) is 6.93. The van der Waals surface area contributed by atoms with Gasteiger partial charge in [-0.25, -0.2) is 4.98 Å². The second-order valence-corrected chi connectivity index (χ2v) is 10.8. The van der Waals surface area contributed by atoms with E-state index in [1.807, 2.05) is 17.0 Å². The molecule has 2 N–H and O–H groups in total. The summed E-state index contributed by atoms with van der Waals surface area (Å²) in [5.74, 6) is -0.242. The van der Waals surface area contributed by atoms with Crippen molar-refractivity contribution in [2.45, 2.75) is 63.3 Å². The van der Waals surface area contributed by atoms with Gasteiger partial charge in [0.2, 0.25) is 11.8 Å². The Balaban J connectivity index is 1.47. The molecule has 4 rings (SSSR count). The Kier molecular flexibility index (Phi) is 9.28. The average Bonchev–Trinajstić information content (AvgIpc) is 3.40. The van der Waals surface area contributed by atoms with E-state index in [9.17, 15) is 9.59 Å². The van der Waals surface area contributed by atoms with Crippen molar-refractivity contribution in [1.29, 1.82) is 0 Å². The molecule has 0 aliphatic carbocycles. The summed E-state index contributed by atoms with van der Waals surface area (Å²) in [7, 11) is 0. The number of carbonyl (C=O) groups is 2. The molecule has 1 atom stereocenters. The molecule has 1 aliphatic rings. The van der Waals surface area contributed by atoms with Crippen LogP contribution in [-0.2, 0) is 27.8 Å². The van der Waals surface area contributed by atoms with Crippen molar-refractivity contribution < 1.29 is 9.59 Å². The number of benzene rings is 2. The number of H-pyrrole nitrogens is 1. The number of aromatic nitrogens is 2. The Bertz CT molecular complexity index is 1180. The van der Waals surface area contributed by atoms with Crippen molar-refractivity contribution in [3.63, 3.8) is 0 Å². The van der Waals surface area contributed by atoms with Crippen LogP contribution in [0.1, 0.15) is 55.8 Å². The molecule has 2 amide bonds. The van der Waals surface area contributed by atoms with Crippen molar-refractivity contribution in [3.8, 4) is 0 Å². The van der Waals surface area contributed by atoms with Gasteiger partial charge >= 0.3 is 0 Å². The van der Waals surface area contributed by atoms with Gasteiger partial charge in [0.05, 0.1) is 16.4 Å². The van der Waals surface area contributed by atoms with Crippen LogP contribution < -0.4 is 5.32 Å². The molecule has 0 radical (unpaired) electrons. The fourth-order valence-corrected chi connectivity index (χ4v) is 5.41. The number of hydrogen-bond acceptors (Lipinski definition) is 3.